The molecule has 1 rings (SSSR count). The highest BCUT2D eigenvalue weighted by atomic mass is 35.5. The van der Waals surface area contributed by atoms with Gasteiger partial charge in [0.2, 0.25) is 10.0 Å². The number of para-hydroxylation sites is 1. The minimum absolute atomic E-state index is 0.0649. The smallest absolute Gasteiger partial charge is 0.232 e. The van der Waals surface area contributed by atoms with Gasteiger partial charge >= 0.3 is 0 Å². The zero-order valence-corrected chi connectivity index (χ0v) is 10.4. The molecule has 0 bridgehead atoms. The van der Waals surface area contributed by atoms with E-state index in [0.717, 1.165) is 0 Å². The first kappa shape index (κ1) is 13.3. The maximum Gasteiger partial charge on any atom is 0.232 e. The number of anilines is 1. The van der Waals surface area contributed by atoms with E-state index >= 15 is 0 Å². The maximum absolute atomic E-state index is 11.6. The number of rotatable bonds is 6. The van der Waals surface area contributed by atoms with Gasteiger partial charge in [0, 0.05) is 0 Å². The Morgan fingerprint density at radius 3 is 2.56 bits per heavy atom. The molecule has 4 nitrogen and oxygen atoms in total. The average Bonchev–Trinajstić information content (AvgIpc) is 2.21. The zero-order chi connectivity index (χ0) is 12.0. The van der Waals surface area contributed by atoms with E-state index < -0.39 is 10.0 Å². The summed E-state index contributed by atoms with van der Waals surface area (Å²) in [5.41, 5.74) is 5.71. The van der Waals surface area contributed by atoms with Crippen LogP contribution in [0.5, 0.6) is 0 Å². The number of hydrogen-bond acceptors (Lipinski definition) is 3. The van der Waals surface area contributed by atoms with E-state index in [1.165, 1.54) is 0 Å². The molecule has 0 aromatic heterocycles. The lowest BCUT2D eigenvalue weighted by atomic mass is 10.3. The molecule has 1 aromatic carbocycles. The summed E-state index contributed by atoms with van der Waals surface area (Å²) in [7, 11) is -3.32. The number of nitrogens with one attached hydrogen (secondary N) is 1. The molecule has 0 amide bonds. The zero-order valence-electron chi connectivity index (χ0n) is 8.82. The van der Waals surface area contributed by atoms with Gasteiger partial charge in [-0.15, -0.1) is 0 Å². The fraction of sp³-hybridized carbons (Fsp3) is 0.400. The third-order valence-corrected chi connectivity index (χ3v) is 3.69. The first-order valence-corrected chi connectivity index (χ1v) is 7.03. The Kier molecular flexibility index (Phi) is 5.05. The second kappa shape index (κ2) is 6.08. The van der Waals surface area contributed by atoms with Crippen LogP contribution in [-0.2, 0) is 10.0 Å². The average molecular weight is 263 g/mol. The van der Waals surface area contributed by atoms with Gasteiger partial charge in [0.25, 0.3) is 0 Å². The van der Waals surface area contributed by atoms with Crippen molar-refractivity contribution in [1.29, 1.82) is 0 Å². The molecule has 0 spiro atoms. The van der Waals surface area contributed by atoms with Crippen LogP contribution in [-0.4, -0.2) is 20.7 Å². The number of halogens is 1. The first-order chi connectivity index (χ1) is 7.55. The van der Waals surface area contributed by atoms with E-state index in [1.807, 2.05) is 0 Å². The predicted molar refractivity (Wildman–Crippen MR) is 67.1 cm³/mol. The summed E-state index contributed by atoms with van der Waals surface area (Å²) in [4.78, 5) is 0. The molecule has 3 N–H and O–H groups in total. The summed E-state index contributed by atoms with van der Waals surface area (Å²) in [6.07, 6.45) is 1.25. The minimum Gasteiger partial charge on any atom is -0.330 e. The molecule has 0 saturated carbocycles. The number of unbranched alkanes of at least 4 members (excludes halogenated alkanes) is 1. The largest absolute Gasteiger partial charge is 0.330 e. The van der Waals surface area contributed by atoms with Crippen LogP contribution in [0.4, 0.5) is 5.69 Å². The molecule has 0 saturated heterocycles. The monoisotopic (exact) mass is 262 g/mol. The summed E-state index contributed by atoms with van der Waals surface area (Å²) in [5, 5.41) is 0.393. The van der Waals surface area contributed by atoms with Gasteiger partial charge in [-0.25, -0.2) is 8.42 Å². The van der Waals surface area contributed by atoms with Crippen molar-refractivity contribution >= 4 is 27.3 Å². The second-order valence-corrected chi connectivity index (χ2v) is 5.65. The van der Waals surface area contributed by atoms with Gasteiger partial charge in [-0.2, -0.15) is 0 Å². The Hall–Kier alpha value is -0.780. The molecule has 0 aliphatic carbocycles. The molecule has 90 valence electrons. The Morgan fingerprint density at radius 2 is 1.94 bits per heavy atom. The van der Waals surface area contributed by atoms with Gasteiger partial charge in [0.1, 0.15) is 0 Å². The highest BCUT2D eigenvalue weighted by Gasteiger charge is 2.11. The van der Waals surface area contributed by atoms with Gasteiger partial charge in [-0.1, -0.05) is 23.7 Å². The van der Waals surface area contributed by atoms with Crippen LogP contribution >= 0.6 is 11.6 Å². The number of nitrogens with two attached hydrogens (primary N) is 1. The van der Waals surface area contributed by atoms with Crippen molar-refractivity contribution in [3.63, 3.8) is 0 Å². The summed E-state index contributed by atoms with van der Waals surface area (Å²) in [6, 6.07) is 6.74. The quantitative estimate of drug-likeness (QED) is 0.768. The molecule has 0 fully saturated rings. The Morgan fingerprint density at radius 1 is 1.25 bits per heavy atom. The molecule has 0 aliphatic rings. The second-order valence-electron chi connectivity index (χ2n) is 3.40. The standard InChI is InChI=1S/C10H15ClN2O2S/c11-9-5-1-2-6-10(9)13-16(14,15)8-4-3-7-12/h1-2,5-6,13H,3-4,7-8,12H2. The van der Waals surface area contributed by atoms with Crippen molar-refractivity contribution in [1.82, 2.24) is 0 Å². The van der Waals surface area contributed by atoms with Crippen LogP contribution in [0.3, 0.4) is 0 Å². The van der Waals surface area contributed by atoms with E-state index in [1.54, 1.807) is 24.3 Å². The van der Waals surface area contributed by atoms with Crippen LogP contribution in [0.15, 0.2) is 24.3 Å². The lowest BCUT2D eigenvalue weighted by Gasteiger charge is -2.08. The molecular weight excluding hydrogens is 248 g/mol. The topological polar surface area (TPSA) is 72.2 Å². The van der Waals surface area contributed by atoms with Crippen molar-refractivity contribution < 1.29 is 8.42 Å². The molecule has 6 heteroatoms. The molecule has 16 heavy (non-hydrogen) atoms. The summed E-state index contributed by atoms with van der Waals surface area (Å²) >= 11 is 5.84. The fourth-order valence-electron chi connectivity index (χ4n) is 1.20. The van der Waals surface area contributed by atoms with Gasteiger partial charge in [0.05, 0.1) is 16.5 Å². The van der Waals surface area contributed by atoms with Crippen molar-refractivity contribution in [2.75, 3.05) is 17.0 Å². The van der Waals surface area contributed by atoms with Crippen LogP contribution in [0, 0.1) is 0 Å². The minimum atomic E-state index is -3.32. The Labute approximate surface area is 101 Å². The van der Waals surface area contributed by atoms with Crippen molar-refractivity contribution in [3.05, 3.63) is 29.3 Å². The van der Waals surface area contributed by atoms with E-state index in [0.29, 0.717) is 30.1 Å². The molecule has 0 radical (unpaired) electrons. The van der Waals surface area contributed by atoms with Crippen molar-refractivity contribution in [2.24, 2.45) is 5.73 Å². The molecule has 0 atom stereocenters. The number of hydrogen-bond donors (Lipinski definition) is 2. The third kappa shape index (κ3) is 4.38. The number of sulfonamides is 1. The Bertz CT molecular complexity index is 434. The van der Waals surface area contributed by atoms with Crippen LogP contribution in [0.1, 0.15) is 12.8 Å². The molecule has 0 heterocycles. The summed E-state index contributed by atoms with van der Waals surface area (Å²) < 4.78 is 25.7. The fourth-order valence-corrected chi connectivity index (χ4v) is 2.64. The highest BCUT2D eigenvalue weighted by molar-refractivity contribution is 7.92. The van der Waals surface area contributed by atoms with E-state index in [4.69, 9.17) is 17.3 Å². The Balaban J connectivity index is 2.63. The van der Waals surface area contributed by atoms with Gasteiger partial charge in [-0.3, -0.25) is 4.72 Å². The van der Waals surface area contributed by atoms with E-state index in [2.05, 4.69) is 4.72 Å². The molecule has 0 aliphatic heterocycles. The first-order valence-electron chi connectivity index (χ1n) is 5.00. The van der Waals surface area contributed by atoms with Crippen molar-refractivity contribution in [2.45, 2.75) is 12.8 Å². The van der Waals surface area contributed by atoms with Gasteiger partial charge < -0.3 is 5.73 Å². The van der Waals surface area contributed by atoms with Gasteiger partial charge in [0.15, 0.2) is 0 Å². The van der Waals surface area contributed by atoms with Crippen LogP contribution in [0.25, 0.3) is 0 Å². The highest BCUT2D eigenvalue weighted by Crippen LogP contribution is 2.21. The maximum atomic E-state index is 11.6. The third-order valence-electron chi connectivity index (χ3n) is 2.01. The number of benzene rings is 1. The predicted octanol–water partition coefficient (Wildman–Crippen LogP) is 1.82. The van der Waals surface area contributed by atoms with E-state index in [-0.39, 0.29) is 5.75 Å². The van der Waals surface area contributed by atoms with Gasteiger partial charge in [-0.05, 0) is 31.5 Å². The SMILES string of the molecule is NCCCCS(=O)(=O)Nc1ccccc1Cl. The summed E-state index contributed by atoms with van der Waals surface area (Å²) in [6.45, 7) is 0.502. The molecule has 1 aromatic rings. The van der Waals surface area contributed by atoms with Crippen LogP contribution < -0.4 is 10.5 Å². The molecule has 0 unspecified atom stereocenters. The molecular formula is C10H15ClN2O2S. The van der Waals surface area contributed by atoms with Crippen LogP contribution in [0.2, 0.25) is 5.02 Å². The summed E-state index contributed by atoms with van der Waals surface area (Å²) in [5.74, 6) is 0.0649. The normalized spacial score (nSPS) is 11.4. The lowest BCUT2D eigenvalue weighted by Crippen LogP contribution is -2.17. The van der Waals surface area contributed by atoms with Crippen molar-refractivity contribution in [3.8, 4) is 0 Å². The van der Waals surface area contributed by atoms with E-state index in [9.17, 15) is 8.42 Å². The lowest BCUT2D eigenvalue weighted by molar-refractivity contribution is 0.597.